The molecule has 0 saturated carbocycles. The lowest BCUT2D eigenvalue weighted by Gasteiger charge is -2.03. The Labute approximate surface area is 90.4 Å². The maximum Gasteiger partial charge on any atom is 0.668 e. The maximum atomic E-state index is 7.33. The lowest BCUT2D eigenvalue weighted by atomic mass is 10.5. The third-order valence-corrected chi connectivity index (χ3v) is 1.12. The van der Waals surface area contributed by atoms with Crippen LogP contribution >= 0.6 is 0 Å². The van der Waals surface area contributed by atoms with E-state index in [-0.39, 0.29) is 0 Å². The Bertz CT molecular complexity index is 110. The van der Waals surface area contributed by atoms with Crippen molar-refractivity contribution in [2.45, 2.75) is 0 Å². The van der Waals surface area contributed by atoms with Crippen LogP contribution in [0.5, 0.6) is 0 Å². The number of rotatable bonds is 7. The van der Waals surface area contributed by atoms with Gasteiger partial charge in [0.25, 0.3) is 0 Å². The number of hydrogen-bond acceptors (Lipinski definition) is 8. The van der Waals surface area contributed by atoms with E-state index in [0.29, 0.717) is 13.1 Å². The molecule has 8 nitrogen and oxygen atoms in total. The van der Waals surface area contributed by atoms with Gasteiger partial charge in [-0.1, -0.05) is 0 Å². The molecular formula is C6H22N4O4Si. The zero-order chi connectivity index (χ0) is 12.2. The van der Waals surface area contributed by atoms with Crippen LogP contribution in [0.15, 0.2) is 0 Å². The van der Waals surface area contributed by atoms with E-state index < -0.39 is 9.05 Å². The molecule has 0 unspecified atom stereocenters. The summed E-state index contributed by atoms with van der Waals surface area (Å²) in [5, 5.41) is 6.33. The molecule has 0 aromatic heterocycles. The largest absolute Gasteiger partial charge is 0.668 e. The van der Waals surface area contributed by atoms with Gasteiger partial charge in [0.1, 0.15) is 0 Å². The standard InChI is InChI=1S/C6H18N4.H4O4Si/c7-1-3-9-5-6-10-4-2-8;1-5(2,3)4/h9-10H,1-8H2;1-4H. The van der Waals surface area contributed by atoms with Gasteiger partial charge in [-0.3, -0.25) is 0 Å². The van der Waals surface area contributed by atoms with E-state index >= 15 is 0 Å². The highest BCUT2D eigenvalue weighted by Crippen LogP contribution is 1.67. The normalized spacial score (nSPS) is 10.8. The summed E-state index contributed by atoms with van der Waals surface area (Å²) in [7, 11) is -4.61. The second-order valence-corrected chi connectivity index (χ2v) is 3.88. The van der Waals surface area contributed by atoms with Gasteiger partial charge in [-0.15, -0.1) is 0 Å². The van der Waals surface area contributed by atoms with Crippen LogP contribution in [-0.2, 0) is 0 Å². The molecule has 0 aromatic carbocycles. The Hall–Kier alpha value is -0.103. The summed E-state index contributed by atoms with van der Waals surface area (Å²) in [5.74, 6) is 0. The minimum absolute atomic E-state index is 0.705. The number of nitrogens with one attached hydrogen (secondary N) is 2. The van der Waals surface area contributed by atoms with Gasteiger partial charge in [-0.25, -0.2) is 0 Å². The van der Waals surface area contributed by atoms with Gasteiger partial charge in [-0.2, -0.15) is 0 Å². The molecule has 0 radical (unpaired) electrons. The molecule has 0 aliphatic carbocycles. The molecule has 0 spiro atoms. The molecule has 0 atom stereocenters. The Balaban J connectivity index is 0. The molecule has 10 N–H and O–H groups in total. The quantitative estimate of drug-likeness (QED) is 0.164. The predicted octanol–water partition coefficient (Wildman–Crippen LogP) is -4.53. The molecule has 0 bridgehead atoms. The van der Waals surface area contributed by atoms with Gasteiger partial charge in [0.2, 0.25) is 0 Å². The highest BCUT2D eigenvalue weighted by atomic mass is 28.4. The van der Waals surface area contributed by atoms with Crippen molar-refractivity contribution in [3.63, 3.8) is 0 Å². The van der Waals surface area contributed by atoms with E-state index in [0.717, 1.165) is 26.2 Å². The third kappa shape index (κ3) is 41.4. The first-order valence-electron chi connectivity index (χ1n) is 4.63. The van der Waals surface area contributed by atoms with E-state index in [1.165, 1.54) is 0 Å². The lowest BCUT2D eigenvalue weighted by Crippen LogP contribution is -2.33. The van der Waals surface area contributed by atoms with Crippen molar-refractivity contribution in [2.75, 3.05) is 39.3 Å². The van der Waals surface area contributed by atoms with Crippen LogP contribution in [0, 0.1) is 0 Å². The van der Waals surface area contributed by atoms with E-state index in [9.17, 15) is 0 Å². The predicted molar refractivity (Wildman–Crippen MR) is 58.5 cm³/mol. The fraction of sp³-hybridized carbons (Fsp3) is 1.00. The Morgan fingerprint density at radius 2 is 1.00 bits per heavy atom. The number of hydrogen-bond donors (Lipinski definition) is 8. The smallest absolute Gasteiger partial charge is 0.368 e. The second kappa shape index (κ2) is 12.0. The Morgan fingerprint density at radius 1 is 0.733 bits per heavy atom. The van der Waals surface area contributed by atoms with Crippen molar-refractivity contribution in [1.29, 1.82) is 0 Å². The van der Waals surface area contributed by atoms with Gasteiger partial charge in [0, 0.05) is 39.3 Å². The molecule has 15 heavy (non-hydrogen) atoms. The number of nitrogens with two attached hydrogens (primary N) is 2. The van der Waals surface area contributed by atoms with Crippen molar-refractivity contribution in [2.24, 2.45) is 11.5 Å². The average molecular weight is 242 g/mol. The van der Waals surface area contributed by atoms with Gasteiger partial charge in [0.15, 0.2) is 0 Å². The minimum atomic E-state index is -4.61. The first-order valence-corrected chi connectivity index (χ1v) is 6.41. The first-order chi connectivity index (χ1) is 6.91. The zero-order valence-corrected chi connectivity index (χ0v) is 9.69. The molecule has 0 fully saturated rings. The van der Waals surface area contributed by atoms with Crippen LogP contribution in [0.1, 0.15) is 0 Å². The summed E-state index contributed by atoms with van der Waals surface area (Å²) < 4.78 is 0. The summed E-state index contributed by atoms with van der Waals surface area (Å²) in [6, 6.07) is 0. The maximum absolute atomic E-state index is 7.33. The third-order valence-electron chi connectivity index (χ3n) is 1.12. The Kier molecular flexibility index (Phi) is 13.8. The summed E-state index contributed by atoms with van der Waals surface area (Å²) in [6.07, 6.45) is 0. The van der Waals surface area contributed by atoms with Crippen molar-refractivity contribution in [3.8, 4) is 0 Å². The molecule has 0 aliphatic heterocycles. The van der Waals surface area contributed by atoms with Crippen LogP contribution in [0.3, 0.4) is 0 Å². The molecule has 0 saturated heterocycles. The molecule has 94 valence electrons. The van der Waals surface area contributed by atoms with Crippen LogP contribution < -0.4 is 22.1 Å². The van der Waals surface area contributed by atoms with Crippen LogP contribution in [0.25, 0.3) is 0 Å². The highest BCUT2D eigenvalue weighted by molar-refractivity contribution is 6.46. The summed E-state index contributed by atoms with van der Waals surface area (Å²) in [5.41, 5.74) is 10.5. The van der Waals surface area contributed by atoms with E-state index in [1.807, 2.05) is 0 Å². The highest BCUT2D eigenvalue weighted by Gasteiger charge is 2.22. The van der Waals surface area contributed by atoms with Crippen molar-refractivity contribution in [3.05, 3.63) is 0 Å². The first kappa shape index (κ1) is 17.3. The van der Waals surface area contributed by atoms with Gasteiger partial charge < -0.3 is 41.3 Å². The SMILES string of the molecule is NCCNCCNCCN.O[Si](O)(O)O. The van der Waals surface area contributed by atoms with Crippen LogP contribution in [-0.4, -0.2) is 67.5 Å². The monoisotopic (exact) mass is 242 g/mol. The van der Waals surface area contributed by atoms with Gasteiger partial charge >= 0.3 is 9.05 Å². The summed E-state index contributed by atoms with van der Waals surface area (Å²) in [6.45, 7) is 5.14. The fourth-order valence-electron chi connectivity index (χ4n) is 0.631. The lowest BCUT2D eigenvalue weighted by molar-refractivity contribution is 0.117. The second-order valence-electron chi connectivity index (χ2n) is 2.68. The molecule has 0 heterocycles. The molecule has 0 aliphatic rings. The minimum Gasteiger partial charge on any atom is -0.368 e. The Morgan fingerprint density at radius 3 is 1.20 bits per heavy atom. The zero-order valence-electron chi connectivity index (χ0n) is 8.69. The average Bonchev–Trinajstić information content (AvgIpc) is 2.08. The summed E-state index contributed by atoms with van der Waals surface area (Å²) in [4.78, 5) is 29.3. The van der Waals surface area contributed by atoms with E-state index in [4.69, 9.17) is 30.7 Å². The molecule has 0 amide bonds. The van der Waals surface area contributed by atoms with Crippen molar-refractivity contribution >= 4 is 9.05 Å². The molecule has 9 heteroatoms. The molecule has 0 rings (SSSR count). The molecular weight excluding hydrogens is 220 g/mol. The van der Waals surface area contributed by atoms with Crippen LogP contribution in [0.2, 0.25) is 0 Å². The van der Waals surface area contributed by atoms with E-state index in [2.05, 4.69) is 10.6 Å². The van der Waals surface area contributed by atoms with Gasteiger partial charge in [0.05, 0.1) is 0 Å². The molecule has 0 aromatic rings. The van der Waals surface area contributed by atoms with Crippen molar-refractivity contribution in [1.82, 2.24) is 10.6 Å². The topological polar surface area (TPSA) is 157 Å². The fourth-order valence-corrected chi connectivity index (χ4v) is 0.631. The van der Waals surface area contributed by atoms with Crippen molar-refractivity contribution < 1.29 is 19.2 Å². The van der Waals surface area contributed by atoms with Crippen LogP contribution in [0.4, 0.5) is 0 Å². The summed E-state index contributed by atoms with van der Waals surface area (Å²) >= 11 is 0. The van der Waals surface area contributed by atoms with E-state index in [1.54, 1.807) is 0 Å². The van der Waals surface area contributed by atoms with Gasteiger partial charge in [-0.05, 0) is 0 Å².